The molecule has 0 bridgehead atoms. The van der Waals surface area contributed by atoms with Gasteiger partial charge in [-0.15, -0.1) is 0 Å². The fourth-order valence-electron chi connectivity index (χ4n) is 4.41. The summed E-state index contributed by atoms with van der Waals surface area (Å²) in [5.41, 5.74) is 1.41. The van der Waals surface area contributed by atoms with Crippen molar-refractivity contribution in [3.63, 3.8) is 0 Å². The van der Waals surface area contributed by atoms with Crippen LogP contribution in [0.4, 0.5) is 16.2 Å². The van der Waals surface area contributed by atoms with Crippen LogP contribution in [0.3, 0.4) is 0 Å². The van der Waals surface area contributed by atoms with Gasteiger partial charge in [-0.05, 0) is 62.2 Å². The third-order valence-corrected chi connectivity index (χ3v) is 6.41. The molecule has 0 spiro atoms. The summed E-state index contributed by atoms with van der Waals surface area (Å²) in [5, 5.41) is 8.84. The number of ether oxygens (including phenoxy) is 2. The van der Waals surface area contributed by atoms with E-state index in [4.69, 9.17) is 21.1 Å². The standard InChI is InChI=1S/C25H29ClN4O5/c1-3-27-23(31)13-18-9-10-20-22(35-18)14-34-21-11-8-17(12-19(21)24(32)30(20)2)29-25(33)28-16-6-4-15(26)5-7-16/h4-8,11-12,18,20,22H,3,9-10,13-14H2,1-2H3,(H,27,31)(H2,28,29,33)/t18-,20-,22-/m0/s1. The summed E-state index contributed by atoms with van der Waals surface area (Å²) >= 11 is 5.88. The quantitative estimate of drug-likeness (QED) is 0.577. The van der Waals surface area contributed by atoms with Gasteiger partial charge in [0.25, 0.3) is 5.91 Å². The molecule has 2 heterocycles. The maximum absolute atomic E-state index is 13.3. The first-order valence-corrected chi connectivity index (χ1v) is 12.0. The van der Waals surface area contributed by atoms with E-state index in [-0.39, 0.29) is 36.7 Å². The van der Waals surface area contributed by atoms with Gasteiger partial charge in [0, 0.05) is 30.0 Å². The molecule has 0 aliphatic carbocycles. The Labute approximate surface area is 209 Å². The molecule has 0 unspecified atom stereocenters. The number of amides is 4. The van der Waals surface area contributed by atoms with E-state index in [0.717, 1.165) is 0 Å². The third kappa shape index (κ3) is 6.04. The fourth-order valence-corrected chi connectivity index (χ4v) is 4.53. The Morgan fingerprint density at radius 1 is 1.09 bits per heavy atom. The Bertz CT molecular complexity index is 1090. The topological polar surface area (TPSA) is 109 Å². The van der Waals surface area contributed by atoms with Gasteiger partial charge in [0.2, 0.25) is 5.91 Å². The smallest absolute Gasteiger partial charge is 0.323 e. The highest BCUT2D eigenvalue weighted by Crippen LogP contribution is 2.32. The maximum Gasteiger partial charge on any atom is 0.323 e. The summed E-state index contributed by atoms with van der Waals surface area (Å²) < 4.78 is 12.1. The number of benzene rings is 2. The Morgan fingerprint density at radius 2 is 1.80 bits per heavy atom. The largest absolute Gasteiger partial charge is 0.490 e. The third-order valence-electron chi connectivity index (χ3n) is 6.16. The average molecular weight is 501 g/mol. The lowest BCUT2D eigenvalue weighted by Gasteiger charge is -2.42. The molecule has 2 aromatic rings. The number of hydrogen-bond donors (Lipinski definition) is 3. The van der Waals surface area contributed by atoms with Gasteiger partial charge in [-0.1, -0.05) is 11.6 Å². The second-order valence-corrected chi connectivity index (χ2v) is 9.06. The summed E-state index contributed by atoms with van der Waals surface area (Å²) in [6.45, 7) is 2.71. The monoisotopic (exact) mass is 500 g/mol. The van der Waals surface area contributed by atoms with E-state index in [1.807, 2.05) is 6.92 Å². The summed E-state index contributed by atoms with van der Waals surface area (Å²) in [4.78, 5) is 39.4. The molecular formula is C25H29ClN4O5. The minimum atomic E-state index is -0.446. The molecule has 4 rings (SSSR count). The first-order chi connectivity index (χ1) is 16.8. The van der Waals surface area contributed by atoms with Crippen molar-refractivity contribution in [2.24, 2.45) is 0 Å². The van der Waals surface area contributed by atoms with Gasteiger partial charge in [0.05, 0.1) is 24.1 Å². The van der Waals surface area contributed by atoms with Crippen molar-refractivity contribution in [3.05, 3.63) is 53.1 Å². The number of carbonyl (C=O) groups excluding carboxylic acids is 3. The second kappa shape index (κ2) is 11.0. The molecule has 0 saturated carbocycles. The van der Waals surface area contributed by atoms with E-state index in [9.17, 15) is 14.4 Å². The Hall–Kier alpha value is -3.30. The van der Waals surface area contributed by atoms with Crippen molar-refractivity contribution in [3.8, 4) is 5.75 Å². The molecule has 186 valence electrons. The molecule has 0 radical (unpaired) electrons. The summed E-state index contributed by atoms with van der Waals surface area (Å²) in [7, 11) is 1.75. The number of halogens is 1. The number of likely N-dealkylation sites (N-methyl/N-ethyl adjacent to an activating group) is 1. The Kier molecular flexibility index (Phi) is 7.77. The van der Waals surface area contributed by atoms with Crippen molar-refractivity contribution < 1.29 is 23.9 Å². The minimum Gasteiger partial charge on any atom is -0.490 e. The van der Waals surface area contributed by atoms with Gasteiger partial charge in [-0.3, -0.25) is 9.59 Å². The van der Waals surface area contributed by atoms with Crippen LogP contribution in [-0.2, 0) is 9.53 Å². The second-order valence-electron chi connectivity index (χ2n) is 8.62. The highest BCUT2D eigenvalue weighted by Gasteiger charge is 2.39. The zero-order valence-electron chi connectivity index (χ0n) is 19.7. The van der Waals surface area contributed by atoms with Crippen LogP contribution in [0.25, 0.3) is 0 Å². The van der Waals surface area contributed by atoms with Gasteiger partial charge >= 0.3 is 6.03 Å². The van der Waals surface area contributed by atoms with Crippen LogP contribution in [0.2, 0.25) is 5.02 Å². The van der Waals surface area contributed by atoms with E-state index in [0.29, 0.717) is 53.5 Å². The van der Waals surface area contributed by atoms with Crippen LogP contribution >= 0.6 is 11.6 Å². The Balaban J connectivity index is 1.44. The SMILES string of the molecule is CCNC(=O)C[C@@H]1CC[C@H]2[C@H](COc3ccc(NC(=O)Nc4ccc(Cl)cc4)cc3C(=O)N2C)O1. The molecule has 4 amide bonds. The number of nitrogens with one attached hydrogen (secondary N) is 3. The lowest BCUT2D eigenvalue weighted by molar-refractivity contribution is -0.133. The number of anilines is 2. The first-order valence-electron chi connectivity index (χ1n) is 11.6. The van der Waals surface area contributed by atoms with Crippen molar-refractivity contribution in [2.45, 2.75) is 44.4 Å². The molecule has 2 aromatic carbocycles. The van der Waals surface area contributed by atoms with Crippen LogP contribution in [0.1, 0.15) is 36.5 Å². The number of rotatable bonds is 5. The van der Waals surface area contributed by atoms with E-state index < -0.39 is 6.03 Å². The van der Waals surface area contributed by atoms with Crippen LogP contribution in [0.15, 0.2) is 42.5 Å². The lowest BCUT2D eigenvalue weighted by atomic mass is 9.94. The van der Waals surface area contributed by atoms with Gasteiger partial charge in [-0.2, -0.15) is 0 Å². The highest BCUT2D eigenvalue weighted by molar-refractivity contribution is 6.30. The molecule has 3 N–H and O–H groups in total. The average Bonchev–Trinajstić information content (AvgIpc) is 2.83. The van der Waals surface area contributed by atoms with Crippen LogP contribution in [-0.4, -0.2) is 61.2 Å². The molecule has 9 nitrogen and oxygen atoms in total. The first kappa shape index (κ1) is 24.8. The number of hydrogen-bond acceptors (Lipinski definition) is 5. The molecule has 10 heteroatoms. The fraction of sp³-hybridized carbons (Fsp3) is 0.400. The van der Waals surface area contributed by atoms with Gasteiger partial charge in [-0.25, -0.2) is 4.79 Å². The number of carbonyl (C=O) groups is 3. The van der Waals surface area contributed by atoms with Gasteiger partial charge in [0.15, 0.2) is 0 Å². The molecule has 2 aliphatic heterocycles. The molecule has 0 aromatic heterocycles. The van der Waals surface area contributed by atoms with Crippen molar-refractivity contribution in [2.75, 3.05) is 30.8 Å². The summed E-state index contributed by atoms with van der Waals surface area (Å²) in [6.07, 6.45) is 1.12. The van der Waals surface area contributed by atoms with Crippen LogP contribution in [0.5, 0.6) is 5.75 Å². The predicted molar refractivity (Wildman–Crippen MR) is 133 cm³/mol. The molecule has 3 atom stereocenters. The van der Waals surface area contributed by atoms with E-state index in [1.165, 1.54) is 0 Å². The van der Waals surface area contributed by atoms with Crippen LogP contribution < -0.4 is 20.7 Å². The molecule has 1 fully saturated rings. The van der Waals surface area contributed by atoms with Gasteiger partial charge in [0.1, 0.15) is 18.5 Å². The zero-order valence-corrected chi connectivity index (χ0v) is 20.4. The van der Waals surface area contributed by atoms with Crippen molar-refractivity contribution in [1.29, 1.82) is 0 Å². The molecular weight excluding hydrogens is 472 g/mol. The van der Waals surface area contributed by atoms with E-state index >= 15 is 0 Å². The van der Waals surface area contributed by atoms with Gasteiger partial charge < -0.3 is 30.3 Å². The lowest BCUT2D eigenvalue weighted by Crippen LogP contribution is -2.54. The van der Waals surface area contributed by atoms with E-state index in [1.54, 1.807) is 54.4 Å². The molecule has 2 aliphatic rings. The summed E-state index contributed by atoms with van der Waals surface area (Å²) in [6, 6.07) is 11.1. The van der Waals surface area contributed by atoms with Crippen molar-refractivity contribution >= 4 is 40.8 Å². The molecule has 35 heavy (non-hydrogen) atoms. The molecule has 1 saturated heterocycles. The summed E-state index contributed by atoms with van der Waals surface area (Å²) in [5.74, 6) is 0.151. The number of fused-ring (bicyclic) bond motifs is 2. The predicted octanol–water partition coefficient (Wildman–Crippen LogP) is 3.89. The number of nitrogens with zero attached hydrogens (tertiary/aromatic N) is 1. The van der Waals surface area contributed by atoms with Crippen LogP contribution in [0, 0.1) is 0 Å². The number of urea groups is 1. The highest BCUT2D eigenvalue weighted by atomic mass is 35.5. The van der Waals surface area contributed by atoms with E-state index in [2.05, 4.69) is 16.0 Å². The van der Waals surface area contributed by atoms with Crippen molar-refractivity contribution in [1.82, 2.24) is 10.2 Å². The normalized spacial score (nSPS) is 21.5. The minimum absolute atomic E-state index is 0.0439. The Morgan fingerprint density at radius 3 is 2.54 bits per heavy atom. The zero-order chi connectivity index (χ0) is 24.9. The maximum atomic E-state index is 13.3.